The Labute approximate surface area is 143 Å². The van der Waals surface area contributed by atoms with Crippen molar-refractivity contribution in [2.24, 2.45) is 0 Å². The first-order valence-corrected chi connectivity index (χ1v) is 8.67. The largest absolute Gasteiger partial charge is 0.458 e. The van der Waals surface area contributed by atoms with Gasteiger partial charge < -0.3 is 19.1 Å². The number of carbonyl (C=O) groups is 1. The predicted molar refractivity (Wildman–Crippen MR) is 85.3 cm³/mol. The van der Waals surface area contributed by atoms with Crippen molar-refractivity contribution in [3.8, 4) is 6.01 Å². The number of amides is 1. The van der Waals surface area contributed by atoms with Gasteiger partial charge in [-0.2, -0.15) is 0 Å². The first kappa shape index (κ1) is 16.4. The zero-order valence-electron chi connectivity index (χ0n) is 12.8. The van der Waals surface area contributed by atoms with Crippen LogP contribution in [0.25, 0.3) is 0 Å². The standard InChI is InChI=1S/C15H20BrN3O4/c16-11-8-17-14(18-9-11)22-13-2-1-5-19(10-13)15(20)23-12-3-6-21-7-4-12/h8-9,12-13H,1-7,10H2. The van der Waals surface area contributed by atoms with Crippen molar-refractivity contribution in [1.82, 2.24) is 14.9 Å². The normalized spacial score (nSPS) is 22.7. The molecule has 126 valence electrons. The van der Waals surface area contributed by atoms with Crippen molar-refractivity contribution in [2.45, 2.75) is 37.9 Å². The smallest absolute Gasteiger partial charge is 0.410 e. The monoisotopic (exact) mass is 385 g/mol. The molecule has 0 radical (unpaired) electrons. The lowest BCUT2D eigenvalue weighted by Gasteiger charge is -2.33. The Morgan fingerprint density at radius 3 is 2.70 bits per heavy atom. The molecule has 0 spiro atoms. The fraction of sp³-hybridized carbons (Fsp3) is 0.667. The van der Waals surface area contributed by atoms with E-state index >= 15 is 0 Å². The topological polar surface area (TPSA) is 73.8 Å². The Kier molecular flexibility index (Phi) is 5.66. The fourth-order valence-corrected chi connectivity index (χ4v) is 2.93. The van der Waals surface area contributed by atoms with E-state index in [2.05, 4.69) is 25.9 Å². The van der Waals surface area contributed by atoms with Crippen LogP contribution in [0.2, 0.25) is 0 Å². The van der Waals surface area contributed by atoms with Gasteiger partial charge in [-0.3, -0.25) is 0 Å². The molecule has 2 aliphatic rings. The van der Waals surface area contributed by atoms with Crippen molar-refractivity contribution in [1.29, 1.82) is 0 Å². The maximum Gasteiger partial charge on any atom is 0.410 e. The minimum Gasteiger partial charge on any atom is -0.458 e. The molecule has 0 saturated carbocycles. The fourth-order valence-electron chi connectivity index (χ4n) is 2.72. The van der Waals surface area contributed by atoms with Crippen LogP contribution < -0.4 is 4.74 Å². The minimum atomic E-state index is -0.262. The number of ether oxygens (including phenoxy) is 3. The summed E-state index contributed by atoms with van der Waals surface area (Å²) in [6, 6.07) is 0.331. The molecule has 7 nitrogen and oxygen atoms in total. The summed E-state index contributed by atoms with van der Waals surface area (Å²) >= 11 is 3.29. The number of halogens is 1. The van der Waals surface area contributed by atoms with Gasteiger partial charge in [0.1, 0.15) is 12.2 Å². The molecule has 2 aliphatic heterocycles. The van der Waals surface area contributed by atoms with E-state index < -0.39 is 0 Å². The summed E-state index contributed by atoms with van der Waals surface area (Å²) in [6.07, 6.45) is 6.18. The number of hydrogen-bond acceptors (Lipinski definition) is 6. The first-order chi connectivity index (χ1) is 11.2. The number of hydrogen-bond donors (Lipinski definition) is 0. The summed E-state index contributed by atoms with van der Waals surface area (Å²) in [5, 5.41) is 0. The van der Waals surface area contributed by atoms with E-state index in [0.29, 0.717) is 32.3 Å². The van der Waals surface area contributed by atoms with Gasteiger partial charge in [0.25, 0.3) is 0 Å². The first-order valence-electron chi connectivity index (χ1n) is 7.88. The van der Waals surface area contributed by atoms with Gasteiger partial charge in [0, 0.05) is 31.8 Å². The van der Waals surface area contributed by atoms with Crippen LogP contribution in [0.15, 0.2) is 16.9 Å². The summed E-state index contributed by atoms with van der Waals surface area (Å²) in [5.74, 6) is 0. The number of rotatable bonds is 3. The van der Waals surface area contributed by atoms with Crippen LogP contribution in [0.4, 0.5) is 4.79 Å². The second-order valence-corrected chi connectivity index (χ2v) is 6.62. The molecule has 0 aromatic carbocycles. The van der Waals surface area contributed by atoms with Crippen LogP contribution in [0.1, 0.15) is 25.7 Å². The molecular formula is C15H20BrN3O4. The molecule has 8 heteroatoms. The van der Waals surface area contributed by atoms with Crippen LogP contribution in [-0.4, -0.2) is 59.5 Å². The van der Waals surface area contributed by atoms with Crippen LogP contribution in [-0.2, 0) is 9.47 Å². The quantitative estimate of drug-likeness (QED) is 0.795. The highest BCUT2D eigenvalue weighted by molar-refractivity contribution is 9.10. The van der Waals surface area contributed by atoms with E-state index in [0.717, 1.165) is 30.2 Å². The number of likely N-dealkylation sites (tertiary alicyclic amines) is 1. The van der Waals surface area contributed by atoms with Crippen LogP contribution in [0.3, 0.4) is 0 Å². The molecule has 1 unspecified atom stereocenters. The lowest BCUT2D eigenvalue weighted by molar-refractivity contribution is -0.0177. The lowest BCUT2D eigenvalue weighted by atomic mass is 10.1. The average molecular weight is 386 g/mol. The predicted octanol–water partition coefficient (Wildman–Crippen LogP) is 2.40. The molecule has 3 heterocycles. The highest BCUT2D eigenvalue weighted by atomic mass is 79.9. The summed E-state index contributed by atoms with van der Waals surface area (Å²) in [7, 11) is 0. The van der Waals surface area contributed by atoms with Crippen molar-refractivity contribution < 1.29 is 19.0 Å². The van der Waals surface area contributed by atoms with E-state index in [9.17, 15) is 4.79 Å². The van der Waals surface area contributed by atoms with Gasteiger partial charge >= 0.3 is 12.1 Å². The Hall–Kier alpha value is -1.41. The second kappa shape index (κ2) is 7.92. The van der Waals surface area contributed by atoms with Crippen molar-refractivity contribution in [3.63, 3.8) is 0 Å². The van der Waals surface area contributed by atoms with Crippen molar-refractivity contribution >= 4 is 22.0 Å². The summed E-state index contributed by atoms with van der Waals surface area (Å²) in [6.45, 7) is 2.51. The molecule has 0 bridgehead atoms. The third kappa shape index (κ3) is 4.78. The number of piperidine rings is 1. The third-order valence-corrected chi connectivity index (χ3v) is 4.35. The van der Waals surface area contributed by atoms with Crippen molar-refractivity contribution in [3.05, 3.63) is 16.9 Å². The van der Waals surface area contributed by atoms with Crippen molar-refractivity contribution in [2.75, 3.05) is 26.3 Å². The zero-order valence-corrected chi connectivity index (χ0v) is 14.4. The van der Waals surface area contributed by atoms with Gasteiger partial charge in [-0.25, -0.2) is 14.8 Å². The van der Waals surface area contributed by atoms with E-state index in [1.54, 1.807) is 17.3 Å². The molecule has 1 amide bonds. The Balaban J connectivity index is 1.50. The summed E-state index contributed by atoms with van der Waals surface area (Å²) in [4.78, 5) is 22.2. The molecule has 23 heavy (non-hydrogen) atoms. The number of aromatic nitrogens is 2. The molecule has 2 saturated heterocycles. The number of carbonyl (C=O) groups excluding carboxylic acids is 1. The maximum absolute atomic E-state index is 12.3. The highest BCUT2D eigenvalue weighted by Gasteiger charge is 2.28. The van der Waals surface area contributed by atoms with E-state index in [1.165, 1.54) is 0 Å². The van der Waals surface area contributed by atoms with Gasteiger partial charge in [-0.1, -0.05) is 0 Å². The molecule has 1 aromatic heterocycles. The molecule has 3 rings (SSSR count). The molecule has 2 fully saturated rings. The SMILES string of the molecule is O=C(OC1CCOCC1)N1CCCC(Oc2ncc(Br)cn2)C1. The molecule has 1 aromatic rings. The van der Waals surface area contributed by atoms with Gasteiger partial charge in [0.05, 0.1) is 24.2 Å². The van der Waals surface area contributed by atoms with Crippen LogP contribution >= 0.6 is 15.9 Å². The lowest BCUT2D eigenvalue weighted by Crippen LogP contribution is -2.46. The van der Waals surface area contributed by atoms with Gasteiger partial charge in [0.15, 0.2) is 0 Å². The van der Waals surface area contributed by atoms with Gasteiger partial charge in [-0.15, -0.1) is 0 Å². The summed E-state index contributed by atoms with van der Waals surface area (Å²) < 4.78 is 17.4. The molecule has 1 atom stereocenters. The number of nitrogens with zero attached hydrogens (tertiary/aromatic N) is 3. The van der Waals surface area contributed by atoms with Crippen LogP contribution in [0.5, 0.6) is 6.01 Å². The van der Waals surface area contributed by atoms with E-state index in [-0.39, 0.29) is 18.3 Å². The van der Waals surface area contributed by atoms with Gasteiger partial charge in [-0.05, 0) is 28.8 Å². The van der Waals surface area contributed by atoms with Crippen LogP contribution in [0, 0.1) is 0 Å². The average Bonchev–Trinajstić information content (AvgIpc) is 2.58. The van der Waals surface area contributed by atoms with E-state index in [4.69, 9.17) is 14.2 Å². The second-order valence-electron chi connectivity index (χ2n) is 5.71. The highest BCUT2D eigenvalue weighted by Crippen LogP contribution is 2.19. The van der Waals surface area contributed by atoms with E-state index in [1.807, 2.05) is 0 Å². The molecule has 0 N–H and O–H groups in total. The maximum atomic E-state index is 12.3. The Morgan fingerprint density at radius 1 is 1.22 bits per heavy atom. The van der Waals surface area contributed by atoms with Gasteiger partial charge in [0.2, 0.25) is 0 Å². The zero-order chi connectivity index (χ0) is 16.1. The third-order valence-electron chi connectivity index (χ3n) is 3.94. The Morgan fingerprint density at radius 2 is 1.96 bits per heavy atom. The molecule has 0 aliphatic carbocycles. The summed E-state index contributed by atoms with van der Waals surface area (Å²) in [5.41, 5.74) is 0. The Bertz CT molecular complexity index is 522. The molecular weight excluding hydrogens is 366 g/mol. The minimum absolute atomic E-state index is 0.0349.